The van der Waals surface area contributed by atoms with Gasteiger partial charge >= 0.3 is 0 Å². The van der Waals surface area contributed by atoms with Crippen LogP contribution in [0.25, 0.3) is 0 Å². The number of unbranched alkanes of at least 4 members (excludes halogenated alkanes) is 3. The number of hydrogen-bond acceptors (Lipinski definition) is 3. The summed E-state index contributed by atoms with van der Waals surface area (Å²) in [5.74, 6) is 0.0260. The van der Waals surface area contributed by atoms with E-state index in [1.54, 1.807) is 6.07 Å². The van der Waals surface area contributed by atoms with Crippen molar-refractivity contribution in [3.63, 3.8) is 0 Å². The van der Waals surface area contributed by atoms with Gasteiger partial charge in [-0.3, -0.25) is 14.4 Å². The summed E-state index contributed by atoms with van der Waals surface area (Å²) in [5, 5.41) is 8.72. The molecule has 0 aliphatic carbocycles. The van der Waals surface area contributed by atoms with Gasteiger partial charge in [-0.05, 0) is 50.5 Å². The highest BCUT2D eigenvalue weighted by Crippen LogP contribution is 2.37. The van der Waals surface area contributed by atoms with Gasteiger partial charge in [0.25, 0.3) is 5.91 Å². The number of benzene rings is 1. The van der Waals surface area contributed by atoms with E-state index in [1.807, 2.05) is 39.8 Å². The van der Waals surface area contributed by atoms with Crippen LogP contribution in [0.5, 0.6) is 0 Å². The van der Waals surface area contributed by atoms with E-state index < -0.39 is 0 Å². The third-order valence-electron chi connectivity index (χ3n) is 4.95. The molecule has 0 radical (unpaired) electrons. The van der Waals surface area contributed by atoms with Crippen LogP contribution in [0.4, 0.5) is 5.69 Å². The number of amides is 3. The molecule has 0 saturated carbocycles. The fraction of sp³-hybridized carbons (Fsp3) is 0.591. The zero-order valence-corrected chi connectivity index (χ0v) is 17.5. The van der Waals surface area contributed by atoms with Gasteiger partial charge in [-0.25, -0.2) is 0 Å². The Balaban J connectivity index is 1.73. The van der Waals surface area contributed by atoms with Crippen molar-refractivity contribution >= 4 is 23.4 Å². The quantitative estimate of drug-likeness (QED) is 0.567. The monoisotopic (exact) mass is 387 g/mol. The van der Waals surface area contributed by atoms with Crippen LogP contribution in [0.15, 0.2) is 18.2 Å². The summed E-state index contributed by atoms with van der Waals surface area (Å²) in [4.78, 5) is 35.8. The van der Waals surface area contributed by atoms with Crippen LogP contribution in [0.1, 0.15) is 82.1 Å². The number of carbonyl (C=O) groups is 3. The Hall–Kier alpha value is -2.37. The minimum Gasteiger partial charge on any atom is -0.354 e. The van der Waals surface area contributed by atoms with E-state index in [4.69, 9.17) is 0 Å². The summed E-state index contributed by atoms with van der Waals surface area (Å²) >= 11 is 0. The van der Waals surface area contributed by atoms with E-state index in [-0.39, 0.29) is 29.2 Å². The number of carbonyl (C=O) groups excluding carboxylic acids is 3. The summed E-state index contributed by atoms with van der Waals surface area (Å²) in [5.41, 5.74) is 2.13. The molecule has 6 heteroatoms. The van der Waals surface area contributed by atoms with Crippen LogP contribution in [-0.2, 0) is 15.0 Å². The predicted molar refractivity (Wildman–Crippen MR) is 111 cm³/mol. The van der Waals surface area contributed by atoms with E-state index in [0.29, 0.717) is 24.9 Å². The molecule has 1 aromatic rings. The van der Waals surface area contributed by atoms with Crippen molar-refractivity contribution in [3.05, 3.63) is 29.3 Å². The van der Waals surface area contributed by atoms with Crippen molar-refractivity contribution in [1.82, 2.24) is 10.6 Å². The van der Waals surface area contributed by atoms with Gasteiger partial charge in [0.05, 0.1) is 0 Å². The normalized spacial score (nSPS) is 15.0. The maximum absolute atomic E-state index is 12.4. The molecule has 0 unspecified atom stereocenters. The molecule has 0 fully saturated rings. The number of fused-ring (bicyclic) bond motifs is 1. The first-order chi connectivity index (χ1) is 13.2. The SMILES string of the molecule is CC(C)NC(=O)CCCCCCNC(=O)c1ccc2c(c1)C(C)(C)CC(=O)N2. The van der Waals surface area contributed by atoms with E-state index >= 15 is 0 Å². The number of hydrogen-bond donors (Lipinski definition) is 3. The minimum atomic E-state index is -0.282. The van der Waals surface area contributed by atoms with Crippen molar-refractivity contribution in [1.29, 1.82) is 0 Å². The van der Waals surface area contributed by atoms with E-state index in [9.17, 15) is 14.4 Å². The number of nitrogens with one attached hydrogen (secondary N) is 3. The first-order valence-electron chi connectivity index (χ1n) is 10.2. The van der Waals surface area contributed by atoms with E-state index in [1.165, 1.54) is 0 Å². The van der Waals surface area contributed by atoms with Crippen LogP contribution in [0.2, 0.25) is 0 Å². The third-order valence-corrected chi connectivity index (χ3v) is 4.95. The fourth-order valence-corrected chi connectivity index (χ4v) is 3.51. The average molecular weight is 388 g/mol. The van der Waals surface area contributed by atoms with Crippen LogP contribution < -0.4 is 16.0 Å². The molecule has 0 atom stereocenters. The molecule has 1 aromatic carbocycles. The van der Waals surface area contributed by atoms with Crippen LogP contribution in [0.3, 0.4) is 0 Å². The van der Waals surface area contributed by atoms with Crippen molar-refractivity contribution in [2.45, 2.75) is 77.7 Å². The van der Waals surface area contributed by atoms with Crippen molar-refractivity contribution in [3.8, 4) is 0 Å². The lowest BCUT2D eigenvalue weighted by Gasteiger charge is -2.32. The largest absolute Gasteiger partial charge is 0.354 e. The molecular formula is C22H33N3O3. The Bertz CT molecular complexity index is 726. The van der Waals surface area contributed by atoms with Crippen LogP contribution in [0, 0.1) is 0 Å². The second-order valence-corrected chi connectivity index (χ2v) is 8.51. The van der Waals surface area contributed by atoms with Crippen LogP contribution >= 0.6 is 0 Å². The lowest BCUT2D eigenvalue weighted by molar-refractivity contribution is -0.121. The number of rotatable bonds is 9. The van der Waals surface area contributed by atoms with Gasteiger partial charge in [0, 0.05) is 42.1 Å². The zero-order chi connectivity index (χ0) is 20.7. The van der Waals surface area contributed by atoms with Gasteiger partial charge in [-0.2, -0.15) is 0 Å². The standard InChI is InChI=1S/C22H33N3O3/c1-15(2)24-19(26)9-7-5-6-8-12-23-21(28)16-10-11-18-17(13-16)22(3,4)14-20(27)25-18/h10-11,13,15H,5-9,12,14H2,1-4H3,(H,23,28)(H,24,26)(H,25,27). The predicted octanol–water partition coefficient (Wildman–Crippen LogP) is 3.51. The molecule has 1 heterocycles. The molecule has 28 heavy (non-hydrogen) atoms. The smallest absolute Gasteiger partial charge is 0.251 e. The molecule has 1 aliphatic heterocycles. The molecular weight excluding hydrogens is 354 g/mol. The van der Waals surface area contributed by atoms with Gasteiger partial charge in [-0.15, -0.1) is 0 Å². The third kappa shape index (κ3) is 6.36. The maximum Gasteiger partial charge on any atom is 0.251 e. The highest BCUT2D eigenvalue weighted by atomic mass is 16.2. The Kier molecular flexibility index (Phi) is 7.61. The Labute approximate surface area is 167 Å². The molecule has 0 aromatic heterocycles. The summed E-state index contributed by atoms with van der Waals surface area (Å²) in [7, 11) is 0. The first-order valence-corrected chi connectivity index (χ1v) is 10.2. The van der Waals surface area contributed by atoms with Gasteiger partial charge in [-0.1, -0.05) is 26.7 Å². The molecule has 3 N–H and O–H groups in total. The molecule has 1 aliphatic rings. The lowest BCUT2D eigenvalue weighted by Crippen LogP contribution is -2.33. The molecule has 0 bridgehead atoms. The average Bonchev–Trinajstić information content (AvgIpc) is 2.59. The lowest BCUT2D eigenvalue weighted by atomic mass is 9.77. The van der Waals surface area contributed by atoms with E-state index in [0.717, 1.165) is 36.9 Å². The second kappa shape index (κ2) is 9.71. The van der Waals surface area contributed by atoms with Gasteiger partial charge in [0.1, 0.15) is 0 Å². The topological polar surface area (TPSA) is 87.3 Å². The van der Waals surface area contributed by atoms with Crippen LogP contribution in [-0.4, -0.2) is 30.3 Å². The van der Waals surface area contributed by atoms with Crippen molar-refractivity contribution in [2.24, 2.45) is 0 Å². The molecule has 0 spiro atoms. The molecule has 0 saturated heterocycles. The highest BCUT2D eigenvalue weighted by Gasteiger charge is 2.32. The summed E-state index contributed by atoms with van der Waals surface area (Å²) < 4.78 is 0. The second-order valence-electron chi connectivity index (χ2n) is 8.51. The Morgan fingerprint density at radius 3 is 2.57 bits per heavy atom. The molecule has 3 amide bonds. The highest BCUT2D eigenvalue weighted by molar-refractivity contribution is 5.98. The summed E-state index contributed by atoms with van der Waals surface area (Å²) in [6.45, 7) is 8.58. The maximum atomic E-state index is 12.4. The van der Waals surface area contributed by atoms with E-state index in [2.05, 4.69) is 16.0 Å². The Morgan fingerprint density at radius 2 is 1.86 bits per heavy atom. The fourth-order valence-electron chi connectivity index (χ4n) is 3.51. The molecule has 154 valence electrons. The Morgan fingerprint density at radius 1 is 1.14 bits per heavy atom. The van der Waals surface area contributed by atoms with Crippen molar-refractivity contribution in [2.75, 3.05) is 11.9 Å². The van der Waals surface area contributed by atoms with Gasteiger partial charge in [0.15, 0.2) is 0 Å². The molecule has 6 nitrogen and oxygen atoms in total. The first kappa shape index (κ1) is 21.9. The number of anilines is 1. The molecule has 2 rings (SSSR count). The van der Waals surface area contributed by atoms with Crippen molar-refractivity contribution < 1.29 is 14.4 Å². The summed E-state index contributed by atoms with van der Waals surface area (Å²) in [6, 6.07) is 5.64. The van der Waals surface area contributed by atoms with Gasteiger partial charge in [0.2, 0.25) is 11.8 Å². The zero-order valence-electron chi connectivity index (χ0n) is 17.5. The minimum absolute atomic E-state index is 0.0105. The summed E-state index contributed by atoms with van der Waals surface area (Å²) in [6.07, 6.45) is 4.71. The van der Waals surface area contributed by atoms with Gasteiger partial charge < -0.3 is 16.0 Å².